The van der Waals surface area contributed by atoms with Gasteiger partial charge in [0.05, 0.1) is 16.1 Å². The first kappa shape index (κ1) is 18.6. The number of phenols is 1. The maximum Gasteiger partial charge on any atom is 0.270 e. The Hall–Kier alpha value is -4.45. The first-order valence-electron chi connectivity index (χ1n) is 9.70. The monoisotopic (exact) mass is 407 g/mol. The summed E-state index contributed by atoms with van der Waals surface area (Å²) in [7, 11) is 0. The minimum Gasteiger partial charge on any atom is -0.508 e. The maximum absolute atomic E-state index is 11.2. The Morgan fingerprint density at radius 2 is 1.55 bits per heavy atom. The third-order valence-corrected chi connectivity index (χ3v) is 5.28. The van der Waals surface area contributed by atoms with Crippen LogP contribution in [0.4, 0.5) is 5.69 Å². The number of hydrogen-bond acceptors (Lipinski definition) is 4. The van der Waals surface area contributed by atoms with Gasteiger partial charge in [-0.05, 0) is 59.7 Å². The summed E-state index contributed by atoms with van der Waals surface area (Å²) in [6.07, 6.45) is 3.51. The van der Waals surface area contributed by atoms with E-state index >= 15 is 0 Å². The van der Waals surface area contributed by atoms with E-state index in [1.54, 1.807) is 36.7 Å². The molecule has 31 heavy (non-hydrogen) atoms. The van der Waals surface area contributed by atoms with Crippen molar-refractivity contribution in [3.8, 4) is 33.8 Å². The van der Waals surface area contributed by atoms with Crippen molar-refractivity contribution in [3.63, 3.8) is 0 Å². The molecule has 0 radical (unpaired) electrons. The molecule has 0 atom stereocenters. The predicted molar refractivity (Wildman–Crippen MR) is 120 cm³/mol. The topological polar surface area (TPSA) is 81.2 Å². The summed E-state index contributed by atoms with van der Waals surface area (Å²) < 4.78 is 2.12. The Morgan fingerprint density at radius 1 is 0.806 bits per heavy atom. The van der Waals surface area contributed by atoms with Crippen LogP contribution in [0, 0.1) is 10.1 Å². The molecular formula is C25H17N3O3. The molecule has 0 unspecified atom stereocenters. The zero-order valence-corrected chi connectivity index (χ0v) is 16.3. The van der Waals surface area contributed by atoms with Crippen molar-refractivity contribution in [2.45, 2.75) is 0 Å². The number of nitrogens with zero attached hydrogens (tertiary/aromatic N) is 3. The highest BCUT2D eigenvalue weighted by atomic mass is 16.6. The Kier molecular flexibility index (Phi) is 4.45. The predicted octanol–water partition coefficient (Wildman–Crippen LogP) is 5.97. The number of nitro groups is 1. The van der Waals surface area contributed by atoms with Crippen LogP contribution >= 0.6 is 0 Å². The highest BCUT2D eigenvalue weighted by molar-refractivity contribution is 5.92. The molecule has 0 saturated carbocycles. The number of aromatic hydroxyl groups is 1. The third-order valence-electron chi connectivity index (χ3n) is 5.28. The van der Waals surface area contributed by atoms with Crippen molar-refractivity contribution in [2.75, 3.05) is 0 Å². The summed E-state index contributed by atoms with van der Waals surface area (Å²) >= 11 is 0. The SMILES string of the molecule is O=[N+]([O-])c1cccc(-c2ccc3cc(-c4ccncc4)n(-c4ccc(O)cc4)c3c2)c1. The van der Waals surface area contributed by atoms with Gasteiger partial charge in [0.15, 0.2) is 0 Å². The Morgan fingerprint density at radius 3 is 2.29 bits per heavy atom. The van der Waals surface area contributed by atoms with E-state index in [1.807, 2.05) is 48.5 Å². The van der Waals surface area contributed by atoms with Gasteiger partial charge in [-0.1, -0.05) is 24.3 Å². The molecule has 0 aliphatic rings. The molecule has 0 spiro atoms. The second-order valence-corrected chi connectivity index (χ2v) is 7.20. The number of nitro benzene ring substituents is 1. The largest absolute Gasteiger partial charge is 0.508 e. The fourth-order valence-corrected chi connectivity index (χ4v) is 3.79. The van der Waals surface area contributed by atoms with E-state index in [0.717, 1.165) is 39.0 Å². The van der Waals surface area contributed by atoms with Gasteiger partial charge in [-0.25, -0.2) is 0 Å². The van der Waals surface area contributed by atoms with Gasteiger partial charge in [0.25, 0.3) is 5.69 Å². The molecule has 3 aromatic carbocycles. The molecule has 0 aliphatic heterocycles. The summed E-state index contributed by atoms with van der Waals surface area (Å²) in [5, 5.41) is 22.0. The molecule has 1 N–H and O–H groups in total. The van der Waals surface area contributed by atoms with Crippen molar-refractivity contribution in [3.05, 3.63) is 107 Å². The summed E-state index contributed by atoms with van der Waals surface area (Å²) in [4.78, 5) is 14.9. The van der Waals surface area contributed by atoms with Crippen LogP contribution in [0.2, 0.25) is 0 Å². The first-order chi connectivity index (χ1) is 15.1. The fraction of sp³-hybridized carbons (Fsp3) is 0. The molecule has 6 nitrogen and oxygen atoms in total. The number of hydrogen-bond donors (Lipinski definition) is 1. The number of aromatic nitrogens is 2. The Labute approximate surface area is 177 Å². The van der Waals surface area contributed by atoms with Gasteiger partial charge in [0.1, 0.15) is 5.75 Å². The molecule has 5 aromatic rings. The standard InChI is InChI=1S/C25H17N3O3/c29-23-8-6-21(7-9-23)27-24(17-10-12-26-13-11-17)16-20-5-4-19(15-25(20)27)18-2-1-3-22(14-18)28(30)31/h1-16,29H. The summed E-state index contributed by atoms with van der Waals surface area (Å²) in [6.45, 7) is 0. The van der Waals surface area contributed by atoms with Crippen LogP contribution < -0.4 is 0 Å². The zero-order chi connectivity index (χ0) is 21.4. The lowest BCUT2D eigenvalue weighted by Crippen LogP contribution is -1.97. The van der Waals surface area contributed by atoms with Crippen molar-refractivity contribution in [1.82, 2.24) is 9.55 Å². The van der Waals surface area contributed by atoms with E-state index in [2.05, 4.69) is 15.6 Å². The van der Waals surface area contributed by atoms with E-state index in [0.29, 0.717) is 0 Å². The van der Waals surface area contributed by atoms with Crippen LogP contribution in [0.5, 0.6) is 5.75 Å². The molecule has 0 bridgehead atoms. The highest BCUT2D eigenvalue weighted by Gasteiger charge is 2.14. The van der Waals surface area contributed by atoms with E-state index in [-0.39, 0.29) is 16.4 Å². The lowest BCUT2D eigenvalue weighted by Gasteiger charge is -2.12. The van der Waals surface area contributed by atoms with Crippen LogP contribution in [0.3, 0.4) is 0 Å². The molecule has 5 rings (SSSR count). The average Bonchev–Trinajstić information content (AvgIpc) is 3.19. The minimum absolute atomic E-state index is 0.0592. The van der Waals surface area contributed by atoms with E-state index in [4.69, 9.17) is 0 Å². The smallest absolute Gasteiger partial charge is 0.270 e. The highest BCUT2D eigenvalue weighted by Crippen LogP contribution is 2.35. The number of pyridine rings is 1. The molecule has 0 aliphatic carbocycles. The number of phenolic OH excluding ortho intramolecular Hbond substituents is 1. The Balaban J connectivity index is 1.76. The summed E-state index contributed by atoms with van der Waals surface area (Å²) in [5.41, 5.74) is 5.58. The van der Waals surface area contributed by atoms with E-state index < -0.39 is 0 Å². The maximum atomic E-state index is 11.2. The van der Waals surface area contributed by atoms with Crippen LogP contribution in [0.15, 0.2) is 97.3 Å². The molecular weight excluding hydrogens is 390 g/mol. The van der Waals surface area contributed by atoms with E-state index in [9.17, 15) is 15.2 Å². The van der Waals surface area contributed by atoms with Gasteiger partial charge in [-0.15, -0.1) is 0 Å². The van der Waals surface area contributed by atoms with Gasteiger partial charge in [0.2, 0.25) is 0 Å². The van der Waals surface area contributed by atoms with Gasteiger partial charge in [-0.2, -0.15) is 0 Å². The summed E-state index contributed by atoms with van der Waals surface area (Å²) in [5.74, 6) is 0.197. The molecule has 0 fully saturated rings. The molecule has 0 saturated heterocycles. The lowest BCUT2D eigenvalue weighted by atomic mass is 10.0. The molecule has 2 aromatic heterocycles. The van der Waals surface area contributed by atoms with Crippen LogP contribution in [-0.4, -0.2) is 19.6 Å². The normalized spacial score (nSPS) is 11.0. The van der Waals surface area contributed by atoms with Gasteiger partial charge in [-0.3, -0.25) is 15.1 Å². The molecule has 6 heteroatoms. The quantitative estimate of drug-likeness (QED) is 0.294. The van der Waals surface area contributed by atoms with E-state index in [1.165, 1.54) is 6.07 Å². The van der Waals surface area contributed by atoms with Crippen molar-refractivity contribution in [2.24, 2.45) is 0 Å². The number of rotatable bonds is 4. The molecule has 150 valence electrons. The number of benzene rings is 3. The van der Waals surface area contributed by atoms with Crippen molar-refractivity contribution >= 4 is 16.6 Å². The third kappa shape index (κ3) is 3.40. The average molecular weight is 407 g/mol. The van der Waals surface area contributed by atoms with Gasteiger partial charge in [0, 0.05) is 41.2 Å². The summed E-state index contributed by atoms with van der Waals surface area (Å²) in [6, 6.07) is 25.7. The minimum atomic E-state index is -0.386. The molecule has 2 heterocycles. The van der Waals surface area contributed by atoms with Crippen molar-refractivity contribution in [1.29, 1.82) is 0 Å². The Bertz CT molecular complexity index is 1410. The van der Waals surface area contributed by atoms with Crippen LogP contribution in [0.25, 0.3) is 39.0 Å². The van der Waals surface area contributed by atoms with Crippen LogP contribution in [0.1, 0.15) is 0 Å². The van der Waals surface area contributed by atoms with Gasteiger partial charge >= 0.3 is 0 Å². The number of non-ortho nitro benzene ring substituents is 1. The van der Waals surface area contributed by atoms with Crippen LogP contribution in [-0.2, 0) is 0 Å². The second-order valence-electron chi connectivity index (χ2n) is 7.20. The zero-order valence-electron chi connectivity index (χ0n) is 16.3. The second kappa shape index (κ2) is 7.42. The first-order valence-corrected chi connectivity index (χ1v) is 9.70. The fourth-order valence-electron chi connectivity index (χ4n) is 3.79. The lowest BCUT2D eigenvalue weighted by molar-refractivity contribution is -0.384. The van der Waals surface area contributed by atoms with Crippen molar-refractivity contribution < 1.29 is 10.0 Å². The van der Waals surface area contributed by atoms with Gasteiger partial charge < -0.3 is 9.67 Å². The molecule has 0 amide bonds. The number of fused-ring (bicyclic) bond motifs is 1.